The van der Waals surface area contributed by atoms with E-state index in [2.05, 4.69) is 10.1 Å². The van der Waals surface area contributed by atoms with E-state index >= 15 is 0 Å². The van der Waals surface area contributed by atoms with Gasteiger partial charge in [-0.25, -0.2) is 0 Å². The molecule has 5 heteroatoms. The number of aromatic nitrogens is 2. The molecule has 0 saturated carbocycles. The van der Waals surface area contributed by atoms with E-state index in [-0.39, 0.29) is 12.5 Å². The first kappa shape index (κ1) is 9.61. The lowest BCUT2D eigenvalue weighted by Crippen LogP contribution is -2.19. The molecule has 0 aliphatic carbocycles. The lowest BCUT2D eigenvalue weighted by molar-refractivity contribution is 0.0541. The summed E-state index contributed by atoms with van der Waals surface area (Å²) < 4.78 is 10.2. The van der Waals surface area contributed by atoms with Gasteiger partial charge in [-0.3, -0.25) is 0 Å². The van der Waals surface area contributed by atoms with Gasteiger partial charge >= 0.3 is 0 Å². The smallest absolute Gasteiger partial charge is 0.252 e. The van der Waals surface area contributed by atoms with Gasteiger partial charge in [-0.2, -0.15) is 4.98 Å². The van der Waals surface area contributed by atoms with Crippen molar-refractivity contribution in [1.29, 1.82) is 0 Å². The molecule has 1 N–H and O–H groups in total. The van der Waals surface area contributed by atoms with Gasteiger partial charge in [-0.15, -0.1) is 0 Å². The molecule has 14 heavy (non-hydrogen) atoms. The fraction of sp³-hybridized carbons (Fsp3) is 0.778. The summed E-state index contributed by atoms with van der Waals surface area (Å²) in [7, 11) is 0. The third-order valence-corrected chi connectivity index (χ3v) is 2.37. The van der Waals surface area contributed by atoms with Gasteiger partial charge in [0, 0.05) is 19.6 Å². The predicted molar refractivity (Wildman–Crippen MR) is 47.5 cm³/mol. The van der Waals surface area contributed by atoms with E-state index in [1.807, 2.05) is 0 Å². The molecule has 1 aliphatic rings. The summed E-state index contributed by atoms with van der Waals surface area (Å²) >= 11 is 0. The fourth-order valence-corrected chi connectivity index (χ4v) is 1.66. The highest BCUT2D eigenvalue weighted by Gasteiger charge is 2.17. The third kappa shape index (κ3) is 2.30. The molecule has 1 aliphatic heterocycles. The average molecular weight is 198 g/mol. The first-order chi connectivity index (χ1) is 6.88. The second-order valence-electron chi connectivity index (χ2n) is 3.55. The molecule has 0 spiro atoms. The highest BCUT2D eigenvalue weighted by Crippen LogP contribution is 2.17. The highest BCUT2D eigenvalue weighted by atomic mass is 16.5. The molecule has 1 saturated heterocycles. The van der Waals surface area contributed by atoms with Crippen molar-refractivity contribution in [1.82, 2.24) is 10.1 Å². The van der Waals surface area contributed by atoms with Gasteiger partial charge in [-0.1, -0.05) is 5.16 Å². The summed E-state index contributed by atoms with van der Waals surface area (Å²) in [4.78, 5) is 4.04. The monoisotopic (exact) mass is 198 g/mol. The number of aliphatic hydroxyl groups excluding tert-OH is 1. The van der Waals surface area contributed by atoms with Crippen molar-refractivity contribution in [3.63, 3.8) is 0 Å². The molecule has 0 radical (unpaired) electrons. The number of ether oxygens (including phenoxy) is 1. The molecule has 2 rings (SSSR count). The molecular formula is C9H14N2O3. The summed E-state index contributed by atoms with van der Waals surface area (Å²) in [6, 6.07) is 0. The topological polar surface area (TPSA) is 68.4 Å². The maximum atomic E-state index is 8.74. The van der Waals surface area contributed by atoms with Crippen LogP contribution in [0.1, 0.15) is 24.6 Å². The Bertz CT molecular complexity index is 281. The molecule has 5 nitrogen and oxygen atoms in total. The quantitative estimate of drug-likeness (QED) is 0.767. The second kappa shape index (κ2) is 4.52. The van der Waals surface area contributed by atoms with Crippen LogP contribution in [-0.4, -0.2) is 28.5 Å². The van der Waals surface area contributed by atoms with E-state index in [1.54, 1.807) is 0 Å². The van der Waals surface area contributed by atoms with Crippen LogP contribution in [0, 0.1) is 5.92 Å². The van der Waals surface area contributed by atoms with Crippen LogP contribution in [0.2, 0.25) is 0 Å². The van der Waals surface area contributed by atoms with E-state index in [0.29, 0.717) is 11.7 Å². The van der Waals surface area contributed by atoms with Crippen LogP contribution in [0.25, 0.3) is 0 Å². The SMILES string of the molecule is OCc1nc(CC2CCCOC2)no1. The molecule has 78 valence electrons. The zero-order valence-electron chi connectivity index (χ0n) is 7.98. The molecule has 0 bridgehead atoms. The maximum absolute atomic E-state index is 8.74. The van der Waals surface area contributed by atoms with Crippen LogP contribution >= 0.6 is 0 Å². The fourth-order valence-electron chi connectivity index (χ4n) is 1.66. The van der Waals surface area contributed by atoms with Crippen molar-refractivity contribution in [2.24, 2.45) is 5.92 Å². The molecule has 1 fully saturated rings. The van der Waals surface area contributed by atoms with Crippen LogP contribution in [0.5, 0.6) is 0 Å². The molecule has 2 heterocycles. The summed E-state index contributed by atoms with van der Waals surface area (Å²) in [5.41, 5.74) is 0. The molecule has 1 aromatic rings. The third-order valence-electron chi connectivity index (χ3n) is 2.37. The Morgan fingerprint density at radius 2 is 2.43 bits per heavy atom. The number of nitrogens with zero attached hydrogens (tertiary/aromatic N) is 2. The molecule has 1 atom stereocenters. The van der Waals surface area contributed by atoms with Crippen molar-refractivity contribution in [3.8, 4) is 0 Å². The summed E-state index contributed by atoms with van der Waals surface area (Å²) in [5.74, 6) is 1.45. The van der Waals surface area contributed by atoms with Crippen LogP contribution in [0.3, 0.4) is 0 Å². The number of aliphatic hydroxyl groups is 1. The van der Waals surface area contributed by atoms with Gasteiger partial charge in [0.1, 0.15) is 6.61 Å². The van der Waals surface area contributed by atoms with Gasteiger partial charge in [0.25, 0.3) is 5.89 Å². The van der Waals surface area contributed by atoms with Gasteiger partial charge in [0.15, 0.2) is 5.82 Å². The van der Waals surface area contributed by atoms with Crippen molar-refractivity contribution in [2.45, 2.75) is 25.9 Å². The van der Waals surface area contributed by atoms with E-state index in [1.165, 1.54) is 0 Å². The zero-order valence-corrected chi connectivity index (χ0v) is 7.98. The minimum atomic E-state index is -0.186. The lowest BCUT2D eigenvalue weighted by Gasteiger charge is -2.20. The first-order valence-corrected chi connectivity index (χ1v) is 4.88. The highest BCUT2D eigenvalue weighted by molar-refractivity contribution is 4.87. The Hall–Kier alpha value is -0.940. The van der Waals surface area contributed by atoms with Gasteiger partial charge in [0.05, 0.1) is 0 Å². The summed E-state index contributed by atoms with van der Waals surface area (Å²) in [5, 5.41) is 12.5. The predicted octanol–water partition coefficient (Wildman–Crippen LogP) is 0.531. The zero-order chi connectivity index (χ0) is 9.80. The number of rotatable bonds is 3. The van der Waals surface area contributed by atoms with E-state index in [0.717, 1.165) is 32.5 Å². The van der Waals surface area contributed by atoms with Crippen molar-refractivity contribution in [2.75, 3.05) is 13.2 Å². The van der Waals surface area contributed by atoms with Crippen molar-refractivity contribution < 1.29 is 14.4 Å². The number of hydrogen-bond acceptors (Lipinski definition) is 5. The Labute approximate surface area is 82.1 Å². The normalized spacial score (nSPS) is 22.5. The Morgan fingerprint density at radius 1 is 1.50 bits per heavy atom. The standard InChI is InChI=1S/C9H14N2O3/c12-5-9-10-8(11-14-9)4-7-2-1-3-13-6-7/h7,12H,1-6H2. The second-order valence-corrected chi connectivity index (χ2v) is 3.55. The van der Waals surface area contributed by atoms with E-state index < -0.39 is 0 Å². The molecule has 0 aromatic carbocycles. The minimum absolute atomic E-state index is 0.186. The van der Waals surface area contributed by atoms with Crippen molar-refractivity contribution in [3.05, 3.63) is 11.7 Å². The van der Waals surface area contributed by atoms with Crippen LogP contribution in [-0.2, 0) is 17.8 Å². The minimum Gasteiger partial charge on any atom is -0.387 e. The van der Waals surface area contributed by atoms with Crippen LogP contribution in [0.4, 0.5) is 0 Å². The average Bonchev–Trinajstić information content (AvgIpc) is 2.67. The maximum Gasteiger partial charge on any atom is 0.252 e. The molecule has 1 unspecified atom stereocenters. The van der Waals surface area contributed by atoms with Gasteiger partial charge in [-0.05, 0) is 18.8 Å². The number of hydrogen-bond donors (Lipinski definition) is 1. The van der Waals surface area contributed by atoms with E-state index in [9.17, 15) is 0 Å². The van der Waals surface area contributed by atoms with Crippen molar-refractivity contribution >= 4 is 0 Å². The van der Waals surface area contributed by atoms with Crippen LogP contribution < -0.4 is 0 Å². The largest absolute Gasteiger partial charge is 0.387 e. The molecule has 0 amide bonds. The first-order valence-electron chi connectivity index (χ1n) is 4.88. The summed E-state index contributed by atoms with van der Waals surface area (Å²) in [6.45, 7) is 1.46. The van der Waals surface area contributed by atoms with E-state index in [4.69, 9.17) is 14.4 Å². The lowest BCUT2D eigenvalue weighted by atomic mass is 9.98. The Morgan fingerprint density at radius 3 is 3.07 bits per heavy atom. The summed E-state index contributed by atoms with van der Waals surface area (Å²) in [6.07, 6.45) is 3.04. The molecule has 1 aromatic heterocycles. The Balaban J connectivity index is 1.89. The van der Waals surface area contributed by atoms with Crippen LogP contribution in [0.15, 0.2) is 4.52 Å². The Kier molecular flexibility index (Phi) is 3.10. The molecular weight excluding hydrogens is 184 g/mol. The van der Waals surface area contributed by atoms with Gasteiger partial charge in [0.2, 0.25) is 0 Å². The van der Waals surface area contributed by atoms with Gasteiger partial charge < -0.3 is 14.4 Å².